The zero-order valence-corrected chi connectivity index (χ0v) is 51.8. The number of hydrogen-bond acceptors (Lipinski definition) is 6. The number of ether oxygens (including phenoxy) is 1. The molecular weight excluding hydrogens is 976 g/mol. The quantitative estimate of drug-likeness (QED) is 0.0205. The second-order valence-corrected chi connectivity index (χ2v) is 24.0. The molecule has 9 nitrogen and oxygen atoms in total. The number of esters is 1. The smallest absolute Gasteiger partial charge is 0.456 e. The molecule has 0 aliphatic rings. The summed E-state index contributed by atoms with van der Waals surface area (Å²) in [6, 6.07) is -0.864. The molecule has 0 radical (unpaired) electrons. The number of nitrogens with zero attached hydrogens (tertiary/aromatic N) is 1. The van der Waals surface area contributed by atoms with E-state index in [1.807, 2.05) is 33.3 Å². The second-order valence-electron chi connectivity index (χ2n) is 22.6. The number of allylic oxidation sites excluding steroid dienone is 13. The number of unbranched alkanes of at least 4 members (excludes halogenated alkanes) is 29. The van der Waals surface area contributed by atoms with Gasteiger partial charge in [0.25, 0.3) is 0 Å². The fraction of sp³-hybridized carbons (Fsp3) is 0.761. The lowest BCUT2D eigenvalue weighted by Gasteiger charge is -2.27. The van der Waals surface area contributed by atoms with Gasteiger partial charge in [0.05, 0.1) is 33.8 Å². The predicted octanol–water partition coefficient (Wildman–Crippen LogP) is 19.8. The van der Waals surface area contributed by atoms with Gasteiger partial charge in [0, 0.05) is 12.8 Å². The van der Waals surface area contributed by atoms with Crippen LogP contribution in [0.2, 0.25) is 0 Å². The molecular formula is C67H122N2O7P+. The number of carbonyl (C=O) groups is 2. The second kappa shape index (κ2) is 56.5. The monoisotopic (exact) mass is 1100 g/mol. The number of phosphoric acid groups is 1. The van der Waals surface area contributed by atoms with Gasteiger partial charge in [-0.15, -0.1) is 0 Å². The van der Waals surface area contributed by atoms with E-state index in [-0.39, 0.29) is 31.5 Å². The minimum Gasteiger partial charge on any atom is -0.456 e. The van der Waals surface area contributed by atoms with E-state index >= 15 is 0 Å². The van der Waals surface area contributed by atoms with Crippen molar-refractivity contribution in [3.05, 3.63) is 85.1 Å². The van der Waals surface area contributed by atoms with Crippen molar-refractivity contribution >= 4 is 19.7 Å². The van der Waals surface area contributed by atoms with E-state index in [1.165, 1.54) is 135 Å². The van der Waals surface area contributed by atoms with E-state index in [1.54, 1.807) is 0 Å². The average Bonchev–Trinajstić information content (AvgIpc) is 3.39. The van der Waals surface area contributed by atoms with Crippen molar-refractivity contribution in [2.24, 2.45) is 0 Å². The van der Waals surface area contributed by atoms with Gasteiger partial charge in [-0.05, 0) is 83.1 Å². The van der Waals surface area contributed by atoms with Gasteiger partial charge in [0.15, 0.2) is 0 Å². The standard InChI is InChI=1S/C67H121N2O7P/c1-7-10-13-16-19-22-25-28-30-31-32-33-34-35-36-37-39-41-44-47-50-53-56-59-66(70)68-64(63-75-77(72,73)74-62-61-69(4,5)6)65(58-55-52-49-46-43-40-27-24-21-18-15-12-9-3)76-67(71)60-57-54-51-48-45-42-38-29-26-23-20-17-14-11-8-2/h10,13,19,22,28,30,32-33,35-36,39,41,55,58,64-65H,7-9,11-12,14-18,20-21,23-27,29,31,34,37-38,40,42-54,56-57,59-63H2,1-6H3,(H-,68,70,72,73)/p+1/b13-10-,22-19-,30-28-,33-32-,36-35-,41-39-,58-55-. The molecule has 0 aromatic heterocycles. The summed E-state index contributed by atoms with van der Waals surface area (Å²) in [4.78, 5) is 37.7. The largest absolute Gasteiger partial charge is 0.472 e. The van der Waals surface area contributed by atoms with Crippen molar-refractivity contribution in [2.45, 2.75) is 290 Å². The maximum absolute atomic E-state index is 13.6. The van der Waals surface area contributed by atoms with E-state index in [4.69, 9.17) is 13.8 Å². The molecule has 3 atom stereocenters. The summed E-state index contributed by atoms with van der Waals surface area (Å²) in [6.07, 6.45) is 74.3. The number of quaternary nitrogens is 1. The molecule has 77 heavy (non-hydrogen) atoms. The van der Waals surface area contributed by atoms with Crippen LogP contribution < -0.4 is 5.32 Å². The summed E-state index contributed by atoms with van der Waals surface area (Å²) >= 11 is 0. The van der Waals surface area contributed by atoms with Crippen LogP contribution in [0.15, 0.2) is 85.1 Å². The first kappa shape index (κ1) is 74.2. The molecule has 2 N–H and O–H groups in total. The van der Waals surface area contributed by atoms with Gasteiger partial charge in [-0.2, -0.15) is 0 Å². The first-order chi connectivity index (χ1) is 37.4. The molecule has 0 aliphatic heterocycles. The summed E-state index contributed by atoms with van der Waals surface area (Å²) in [5.41, 5.74) is 0. The Balaban J connectivity index is 5.29. The molecule has 0 aromatic carbocycles. The van der Waals surface area contributed by atoms with Crippen molar-refractivity contribution in [2.75, 3.05) is 40.9 Å². The van der Waals surface area contributed by atoms with Gasteiger partial charge < -0.3 is 19.4 Å². The Bertz CT molecular complexity index is 1590. The number of amides is 1. The SMILES string of the molecule is CC/C=C\C/C=C\C/C=C\C/C=C\C/C=C\C/C=C\CCCCCCC(=O)NC(COP(=O)(O)OCC[N+](C)(C)C)C(/C=C\CCCCCCCCCCCCC)OC(=O)CCCCCCCCCCCCCCCCC. The number of carbonyl (C=O) groups excluding carboxylic acids is 2. The van der Waals surface area contributed by atoms with Crippen molar-refractivity contribution in [3.8, 4) is 0 Å². The van der Waals surface area contributed by atoms with Gasteiger partial charge in [0.1, 0.15) is 19.3 Å². The van der Waals surface area contributed by atoms with E-state index < -0.39 is 20.0 Å². The molecule has 10 heteroatoms. The van der Waals surface area contributed by atoms with Crippen LogP contribution in [0.1, 0.15) is 278 Å². The lowest BCUT2D eigenvalue weighted by Crippen LogP contribution is -2.47. The summed E-state index contributed by atoms with van der Waals surface area (Å²) in [7, 11) is 1.47. The molecule has 0 bridgehead atoms. The Morgan fingerprint density at radius 1 is 0.468 bits per heavy atom. The molecule has 0 aliphatic carbocycles. The van der Waals surface area contributed by atoms with Crippen molar-refractivity contribution < 1.29 is 37.3 Å². The molecule has 0 fully saturated rings. The number of nitrogens with one attached hydrogen (secondary N) is 1. The molecule has 0 saturated heterocycles. The van der Waals surface area contributed by atoms with Crippen LogP contribution in [0.3, 0.4) is 0 Å². The van der Waals surface area contributed by atoms with Crippen LogP contribution >= 0.6 is 7.82 Å². The molecule has 0 saturated carbocycles. The molecule has 3 unspecified atom stereocenters. The fourth-order valence-electron chi connectivity index (χ4n) is 8.94. The summed E-state index contributed by atoms with van der Waals surface area (Å²) in [5, 5.41) is 3.05. The Hall–Kier alpha value is -2.81. The van der Waals surface area contributed by atoms with Crippen LogP contribution in [0.5, 0.6) is 0 Å². The topological polar surface area (TPSA) is 111 Å². The lowest BCUT2D eigenvalue weighted by molar-refractivity contribution is -0.870. The molecule has 446 valence electrons. The minimum absolute atomic E-state index is 0.0327. The van der Waals surface area contributed by atoms with E-state index in [0.717, 1.165) is 103 Å². The van der Waals surface area contributed by atoms with Crippen molar-refractivity contribution in [1.29, 1.82) is 0 Å². The van der Waals surface area contributed by atoms with Crippen molar-refractivity contribution in [1.82, 2.24) is 5.32 Å². The molecule has 0 aromatic rings. The maximum Gasteiger partial charge on any atom is 0.472 e. The van der Waals surface area contributed by atoms with Crippen LogP contribution in [0.4, 0.5) is 0 Å². The third-order valence-electron chi connectivity index (χ3n) is 13.8. The highest BCUT2D eigenvalue weighted by atomic mass is 31.2. The molecule has 0 rings (SSSR count). The van der Waals surface area contributed by atoms with E-state index in [9.17, 15) is 19.0 Å². The number of rotatable bonds is 57. The van der Waals surface area contributed by atoms with Gasteiger partial charge in [-0.25, -0.2) is 4.57 Å². The Kier molecular flexibility index (Phi) is 54.4. The van der Waals surface area contributed by atoms with Crippen LogP contribution in [0, 0.1) is 0 Å². The normalized spacial score (nSPS) is 14.2. The summed E-state index contributed by atoms with van der Waals surface area (Å²) in [6.45, 7) is 6.89. The zero-order chi connectivity index (χ0) is 56.4. The van der Waals surface area contributed by atoms with E-state index in [2.05, 4.69) is 99.0 Å². The summed E-state index contributed by atoms with van der Waals surface area (Å²) in [5.74, 6) is -0.530. The fourth-order valence-corrected chi connectivity index (χ4v) is 9.68. The third kappa shape index (κ3) is 57.7. The van der Waals surface area contributed by atoms with Crippen LogP contribution in [-0.2, 0) is 27.9 Å². The Labute approximate surface area is 476 Å². The summed E-state index contributed by atoms with van der Waals surface area (Å²) < 4.78 is 30.7. The predicted molar refractivity (Wildman–Crippen MR) is 332 cm³/mol. The Morgan fingerprint density at radius 2 is 0.831 bits per heavy atom. The molecule has 1 amide bonds. The average molecular weight is 1100 g/mol. The number of likely N-dealkylation sites (N-methyl/N-ethyl adjacent to an activating group) is 1. The van der Waals surface area contributed by atoms with Crippen LogP contribution in [-0.4, -0.2) is 74.3 Å². The zero-order valence-electron chi connectivity index (χ0n) is 50.9. The first-order valence-corrected chi connectivity index (χ1v) is 33.4. The molecule has 0 heterocycles. The lowest BCUT2D eigenvalue weighted by atomic mass is 10.0. The van der Waals surface area contributed by atoms with Gasteiger partial charge >= 0.3 is 13.8 Å². The minimum atomic E-state index is -4.46. The Morgan fingerprint density at radius 3 is 1.25 bits per heavy atom. The van der Waals surface area contributed by atoms with Crippen LogP contribution in [0.25, 0.3) is 0 Å². The van der Waals surface area contributed by atoms with Crippen molar-refractivity contribution in [3.63, 3.8) is 0 Å². The highest BCUT2D eigenvalue weighted by Gasteiger charge is 2.30. The number of hydrogen-bond donors (Lipinski definition) is 2. The highest BCUT2D eigenvalue weighted by molar-refractivity contribution is 7.47. The third-order valence-corrected chi connectivity index (χ3v) is 14.8. The van der Waals surface area contributed by atoms with Gasteiger partial charge in [-0.3, -0.25) is 18.6 Å². The molecule has 0 spiro atoms. The number of phosphoric ester groups is 1. The first-order valence-electron chi connectivity index (χ1n) is 31.9. The maximum atomic E-state index is 13.6. The highest BCUT2D eigenvalue weighted by Crippen LogP contribution is 2.43. The van der Waals surface area contributed by atoms with Gasteiger partial charge in [-0.1, -0.05) is 267 Å². The van der Waals surface area contributed by atoms with E-state index in [0.29, 0.717) is 23.9 Å². The van der Waals surface area contributed by atoms with Gasteiger partial charge in [0.2, 0.25) is 5.91 Å².